The number of benzene rings is 2. The van der Waals surface area contributed by atoms with Crippen molar-refractivity contribution in [3.05, 3.63) is 63.7 Å². The van der Waals surface area contributed by atoms with Crippen LogP contribution in [0.25, 0.3) is 0 Å². The monoisotopic (exact) mass is 564 g/mol. The van der Waals surface area contributed by atoms with Crippen LogP contribution in [0.2, 0.25) is 0 Å². The molecule has 1 atom stereocenters. The van der Waals surface area contributed by atoms with Crippen LogP contribution >= 0.6 is 0 Å². The van der Waals surface area contributed by atoms with Crippen molar-refractivity contribution in [3.8, 4) is 0 Å². The molecule has 0 aromatic heterocycles. The second-order valence-electron chi connectivity index (χ2n) is 10.5. The lowest BCUT2D eigenvalue weighted by Gasteiger charge is -2.45. The Morgan fingerprint density at radius 3 is 2.37 bits per heavy atom. The quantitative estimate of drug-likeness (QED) is 0.266. The second kappa shape index (κ2) is 13.6. The predicted octanol–water partition coefficient (Wildman–Crippen LogP) is 2.93. The van der Waals surface area contributed by atoms with E-state index < -0.39 is 6.04 Å². The molecular formula is C30H40N6O5. The number of carbonyl (C=O) groups excluding carboxylic acids is 3. The Labute approximate surface area is 241 Å². The van der Waals surface area contributed by atoms with Crippen LogP contribution in [-0.4, -0.2) is 91.7 Å². The molecule has 2 aromatic rings. The van der Waals surface area contributed by atoms with Crippen molar-refractivity contribution in [1.29, 1.82) is 0 Å². The van der Waals surface area contributed by atoms with Gasteiger partial charge in [0.25, 0.3) is 11.6 Å². The maximum Gasteiger partial charge on any atom is 0.269 e. The molecule has 41 heavy (non-hydrogen) atoms. The highest BCUT2D eigenvalue weighted by Crippen LogP contribution is 2.36. The fourth-order valence-electron chi connectivity index (χ4n) is 5.82. The van der Waals surface area contributed by atoms with Gasteiger partial charge in [-0.1, -0.05) is 19.9 Å². The van der Waals surface area contributed by atoms with Gasteiger partial charge in [-0.05, 0) is 30.7 Å². The summed E-state index contributed by atoms with van der Waals surface area (Å²) in [5, 5.41) is 13.5. The van der Waals surface area contributed by atoms with E-state index in [2.05, 4.69) is 26.1 Å². The van der Waals surface area contributed by atoms with Crippen molar-refractivity contribution in [2.75, 3.05) is 62.7 Å². The van der Waals surface area contributed by atoms with Crippen LogP contribution in [0.3, 0.4) is 0 Å². The molecule has 11 nitrogen and oxygen atoms in total. The van der Waals surface area contributed by atoms with Gasteiger partial charge in [0.2, 0.25) is 5.91 Å². The van der Waals surface area contributed by atoms with Gasteiger partial charge in [-0.15, -0.1) is 0 Å². The van der Waals surface area contributed by atoms with Gasteiger partial charge in [-0.2, -0.15) is 0 Å². The molecule has 2 fully saturated rings. The van der Waals surface area contributed by atoms with Crippen molar-refractivity contribution in [3.63, 3.8) is 0 Å². The third kappa shape index (κ3) is 6.67. The van der Waals surface area contributed by atoms with E-state index in [1.54, 1.807) is 24.1 Å². The molecule has 2 aromatic carbocycles. The van der Waals surface area contributed by atoms with Gasteiger partial charge in [0.1, 0.15) is 6.29 Å². The van der Waals surface area contributed by atoms with Crippen molar-refractivity contribution in [2.45, 2.75) is 39.3 Å². The van der Waals surface area contributed by atoms with E-state index in [-0.39, 0.29) is 28.8 Å². The van der Waals surface area contributed by atoms with Gasteiger partial charge in [0.05, 0.1) is 11.0 Å². The van der Waals surface area contributed by atoms with E-state index in [9.17, 15) is 24.5 Å². The largest absolute Gasteiger partial charge is 0.370 e. The van der Waals surface area contributed by atoms with Crippen molar-refractivity contribution < 1.29 is 19.3 Å². The van der Waals surface area contributed by atoms with E-state index in [4.69, 9.17) is 0 Å². The van der Waals surface area contributed by atoms with Gasteiger partial charge in [-0.3, -0.25) is 24.6 Å². The molecule has 0 aliphatic carbocycles. The minimum atomic E-state index is -0.621. The number of hydrogen-bond acceptors (Lipinski definition) is 8. The van der Waals surface area contributed by atoms with Crippen LogP contribution in [0.5, 0.6) is 0 Å². The normalized spacial score (nSPS) is 17.7. The summed E-state index contributed by atoms with van der Waals surface area (Å²) in [4.78, 5) is 55.7. The summed E-state index contributed by atoms with van der Waals surface area (Å²) >= 11 is 0. The second-order valence-corrected chi connectivity index (χ2v) is 10.5. The van der Waals surface area contributed by atoms with Crippen LogP contribution in [0.15, 0.2) is 42.5 Å². The highest BCUT2D eigenvalue weighted by atomic mass is 16.6. The summed E-state index contributed by atoms with van der Waals surface area (Å²) in [6.07, 6.45) is 1.28. The molecule has 220 valence electrons. The first-order chi connectivity index (χ1) is 19.9. The predicted molar refractivity (Wildman–Crippen MR) is 158 cm³/mol. The Kier molecular flexibility index (Phi) is 9.93. The molecular weight excluding hydrogens is 524 g/mol. The highest BCUT2D eigenvalue weighted by Gasteiger charge is 2.37. The van der Waals surface area contributed by atoms with E-state index in [1.165, 1.54) is 0 Å². The average Bonchev–Trinajstić information content (AvgIpc) is 3.32. The Morgan fingerprint density at radius 1 is 1.07 bits per heavy atom. The van der Waals surface area contributed by atoms with Crippen molar-refractivity contribution in [2.24, 2.45) is 5.92 Å². The zero-order valence-electron chi connectivity index (χ0n) is 24.1. The van der Waals surface area contributed by atoms with Gasteiger partial charge in [-0.25, -0.2) is 0 Å². The number of anilines is 2. The molecule has 0 radical (unpaired) electrons. The molecule has 3 aliphatic rings. The van der Waals surface area contributed by atoms with Gasteiger partial charge >= 0.3 is 0 Å². The number of nitrogens with one attached hydrogen (secondary N) is 1. The van der Waals surface area contributed by atoms with E-state index in [0.29, 0.717) is 24.4 Å². The van der Waals surface area contributed by atoms with Gasteiger partial charge < -0.3 is 24.8 Å². The summed E-state index contributed by atoms with van der Waals surface area (Å²) in [5.74, 6) is 0.241. The lowest BCUT2D eigenvalue weighted by Crippen LogP contribution is -2.55. The first-order valence-electron chi connectivity index (χ1n) is 14.4. The lowest BCUT2D eigenvalue weighted by atomic mass is 9.96. The Bertz CT molecular complexity index is 1240. The molecule has 3 heterocycles. The Balaban J connectivity index is 0.00000189. The molecule has 2 amide bonds. The average molecular weight is 565 g/mol. The maximum atomic E-state index is 13.1. The fraction of sp³-hybridized carbons (Fsp3) is 0.500. The molecule has 5 rings (SSSR count). The third-order valence-electron chi connectivity index (χ3n) is 8.09. The number of carbonyl (C=O) groups is 3. The minimum absolute atomic E-state index is 0.109. The van der Waals surface area contributed by atoms with Crippen LogP contribution in [0.1, 0.15) is 42.6 Å². The highest BCUT2D eigenvalue weighted by molar-refractivity contribution is 6.01. The summed E-state index contributed by atoms with van der Waals surface area (Å²) in [6.45, 7) is 10.9. The minimum Gasteiger partial charge on any atom is -0.370 e. The number of fused-ring (bicyclic) bond motifs is 1. The van der Waals surface area contributed by atoms with E-state index in [0.717, 1.165) is 69.0 Å². The molecule has 3 aliphatic heterocycles. The summed E-state index contributed by atoms with van der Waals surface area (Å²) in [5.41, 5.74) is 3.78. The van der Waals surface area contributed by atoms with Gasteiger partial charge in [0.15, 0.2) is 0 Å². The Hall–Kier alpha value is -3.99. The SMILES string of the molecule is CC.CNC(=O)CCC(C=O)N1Cc2c(cccc2N2CC(CN3CCN(c4ccc([N+](=O)[O-])cc4)CC3)C2)C1=O. The molecule has 1 unspecified atom stereocenters. The third-order valence-corrected chi connectivity index (χ3v) is 8.09. The lowest BCUT2D eigenvalue weighted by molar-refractivity contribution is -0.384. The smallest absolute Gasteiger partial charge is 0.269 e. The van der Waals surface area contributed by atoms with Crippen molar-refractivity contribution in [1.82, 2.24) is 15.1 Å². The first-order valence-corrected chi connectivity index (χ1v) is 14.4. The number of piperazine rings is 1. The van der Waals surface area contributed by atoms with Crippen molar-refractivity contribution >= 4 is 35.2 Å². The molecule has 0 saturated carbocycles. The number of rotatable bonds is 10. The molecule has 11 heteroatoms. The number of aldehydes is 1. The van der Waals surface area contributed by atoms with E-state index >= 15 is 0 Å². The molecule has 1 N–H and O–H groups in total. The number of nitro groups is 1. The first kappa shape index (κ1) is 30.0. The molecule has 0 bridgehead atoms. The number of amides is 2. The number of nitrogens with zero attached hydrogens (tertiary/aromatic N) is 5. The maximum absolute atomic E-state index is 13.1. The standard InChI is InChI=1S/C28H34N6O5.C2H6/c1-29-27(36)10-9-23(19-35)33-18-25-24(28(33)37)3-2-4-26(25)32-16-20(17-32)15-30-11-13-31(14-12-30)21-5-7-22(8-6-21)34(38)39;1-2/h2-8,19-20,23H,9-18H2,1H3,(H,29,36);1-2H3. The van der Waals surface area contributed by atoms with Gasteiger partial charge in [0, 0.05) is 106 Å². The Morgan fingerprint density at radius 2 is 1.76 bits per heavy atom. The summed E-state index contributed by atoms with van der Waals surface area (Å²) < 4.78 is 0. The number of hydrogen-bond donors (Lipinski definition) is 1. The van der Waals surface area contributed by atoms with Crippen LogP contribution in [0.4, 0.5) is 17.1 Å². The van der Waals surface area contributed by atoms with E-state index in [1.807, 2.05) is 38.1 Å². The topological polar surface area (TPSA) is 119 Å². The van der Waals surface area contributed by atoms with Crippen LogP contribution in [-0.2, 0) is 16.1 Å². The zero-order chi connectivity index (χ0) is 29.5. The van der Waals surface area contributed by atoms with Crippen LogP contribution < -0.4 is 15.1 Å². The number of nitro benzene ring substituents is 1. The summed E-state index contributed by atoms with van der Waals surface area (Å²) in [6, 6.07) is 11.9. The summed E-state index contributed by atoms with van der Waals surface area (Å²) in [7, 11) is 1.56. The number of non-ortho nitro benzene ring substituents is 1. The molecule has 2 saturated heterocycles. The zero-order valence-corrected chi connectivity index (χ0v) is 24.1. The fourth-order valence-corrected chi connectivity index (χ4v) is 5.82. The molecule has 0 spiro atoms. The van der Waals surface area contributed by atoms with Crippen LogP contribution in [0, 0.1) is 16.0 Å².